The van der Waals surface area contributed by atoms with Gasteiger partial charge >= 0.3 is 0 Å². The van der Waals surface area contributed by atoms with Crippen molar-refractivity contribution in [2.45, 2.75) is 41.0 Å². The summed E-state index contributed by atoms with van der Waals surface area (Å²) >= 11 is 0. The van der Waals surface area contributed by atoms with E-state index in [1.807, 2.05) is 39.8 Å². The van der Waals surface area contributed by atoms with Gasteiger partial charge in [0, 0.05) is 90.4 Å². The molecule has 0 aromatic heterocycles. The lowest BCUT2D eigenvalue weighted by Crippen LogP contribution is -2.47. The molecule has 2 heterocycles. The minimum atomic E-state index is 0.103. The van der Waals surface area contributed by atoms with Gasteiger partial charge in [-0.2, -0.15) is 0 Å². The van der Waals surface area contributed by atoms with Crippen LogP contribution in [0.5, 0.6) is 0 Å². The lowest BCUT2D eigenvalue weighted by Gasteiger charge is -2.34. The van der Waals surface area contributed by atoms with Gasteiger partial charge in [0.2, 0.25) is 0 Å². The third kappa shape index (κ3) is 14.8. The lowest BCUT2D eigenvalue weighted by molar-refractivity contribution is -0.118. The highest BCUT2D eigenvalue weighted by Crippen LogP contribution is 2.02. The number of ketones is 2. The first-order chi connectivity index (χ1) is 16.3. The summed E-state index contributed by atoms with van der Waals surface area (Å²) in [4.78, 5) is 29.9. The monoisotopic (exact) mass is 478 g/mol. The highest BCUT2D eigenvalue weighted by atomic mass is 16.5. The molecule has 7 heteroatoms. The van der Waals surface area contributed by atoms with E-state index in [9.17, 15) is 9.59 Å². The van der Waals surface area contributed by atoms with Crippen molar-refractivity contribution in [3.63, 3.8) is 0 Å². The maximum Gasteiger partial charge on any atom is 0.157 e. The second-order valence-corrected chi connectivity index (χ2v) is 9.72. The van der Waals surface area contributed by atoms with Crippen molar-refractivity contribution in [2.75, 3.05) is 85.2 Å². The molecule has 0 amide bonds. The number of ether oxygens (including phenoxy) is 1. The Hall–Kier alpha value is -1.38. The summed E-state index contributed by atoms with van der Waals surface area (Å²) in [6, 6.07) is 0. The summed E-state index contributed by atoms with van der Waals surface area (Å²) < 4.78 is 5.52. The first kappa shape index (κ1) is 30.7. The third-order valence-electron chi connectivity index (χ3n) is 6.00. The Labute approximate surface area is 208 Å². The van der Waals surface area contributed by atoms with Crippen molar-refractivity contribution in [1.29, 1.82) is 0 Å². The molecule has 0 bridgehead atoms. The predicted molar refractivity (Wildman–Crippen MR) is 141 cm³/mol. The van der Waals surface area contributed by atoms with E-state index in [2.05, 4.69) is 26.9 Å². The fraction of sp³-hybridized carbons (Fsp3) is 0.778. The maximum atomic E-state index is 11.5. The van der Waals surface area contributed by atoms with Gasteiger partial charge in [0.05, 0.1) is 6.61 Å². The Bertz CT molecular complexity index is 605. The molecular formula is C27H50N4O3. The van der Waals surface area contributed by atoms with Gasteiger partial charge in [-0.1, -0.05) is 46.8 Å². The number of nitrogens with zero attached hydrogens (tertiary/aromatic N) is 3. The minimum Gasteiger partial charge on any atom is -0.380 e. The highest BCUT2D eigenvalue weighted by Gasteiger charge is 2.15. The van der Waals surface area contributed by atoms with E-state index >= 15 is 0 Å². The fourth-order valence-corrected chi connectivity index (χ4v) is 3.55. The predicted octanol–water partition coefficient (Wildman–Crippen LogP) is 2.48. The van der Waals surface area contributed by atoms with Crippen LogP contribution in [-0.2, 0) is 14.3 Å². The number of carbonyl (C=O) groups excluding carboxylic acids is 2. The molecule has 196 valence electrons. The smallest absolute Gasteiger partial charge is 0.157 e. The number of hydrogen-bond donors (Lipinski definition) is 1. The Balaban J connectivity index is 0.000000362. The van der Waals surface area contributed by atoms with Crippen LogP contribution in [0.15, 0.2) is 24.3 Å². The van der Waals surface area contributed by atoms with Crippen LogP contribution in [0.1, 0.15) is 41.0 Å². The first-order valence-electron chi connectivity index (χ1n) is 13.2. The molecule has 0 unspecified atom stereocenters. The van der Waals surface area contributed by atoms with Crippen molar-refractivity contribution in [3.05, 3.63) is 24.3 Å². The molecule has 0 radical (unpaired) electrons. The number of carbonyl (C=O) groups is 2. The van der Waals surface area contributed by atoms with Crippen LogP contribution in [0, 0.1) is 11.8 Å². The van der Waals surface area contributed by atoms with E-state index in [1.165, 1.54) is 0 Å². The van der Waals surface area contributed by atoms with Crippen molar-refractivity contribution in [1.82, 2.24) is 20.0 Å². The third-order valence-corrected chi connectivity index (χ3v) is 6.00. The zero-order chi connectivity index (χ0) is 25.2. The van der Waals surface area contributed by atoms with Gasteiger partial charge in [-0.3, -0.25) is 24.3 Å². The first-order valence-corrected chi connectivity index (χ1v) is 13.2. The van der Waals surface area contributed by atoms with E-state index in [1.54, 1.807) is 12.2 Å². The summed E-state index contributed by atoms with van der Waals surface area (Å²) in [5.41, 5.74) is 0. The van der Waals surface area contributed by atoms with Gasteiger partial charge in [-0.15, -0.1) is 0 Å². The van der Waals surface area contributed by atoms with E-state index in [0.717, 1.165) is 91.6 Å². The Morgan fingerprint density at radius 2 is 1.24 bits per heavy atom. The molecular weight excluding hydrogens is 428 g/mol. The van der Waals surface area contributed by atoms with Crippen LogP contribution >= 0.6 is 0 Å². The molecule has 2 rings (SSSR count). The molecule has 0 atom stereocenters. The Morgan fingerprint density at radius 3 is 1.71 bits per heavy atom. The van der Waals surface area contributed by atoms with Crippen molar-refractivity contribution in [2.24, 2.45) is 11.8 Å². The molecule has 34 heavy (non-hydrogen) atoms. The van der Waals surface area contributed by atoms with Crippen molar-refractivity contribution < 1.29 is 14.3 Å². The summed E-state index contributed by atoms with van der Waals surface area (Å²) in [6.45, 7) is 23.0. The van der Waals surface area contributed by atoms with Gasteiger partial charge in [-0.05, 0) is 18.6 Å². The molecule has 2 saturated heterocycles. The van der Waals surface area contributed by atoms with E-state index in [0.29, 0.717) is 0 Å². The molecule has 2 aliphatic rings. The van der Waals surface area contributed by atoms with Crippen LogP contribution in [0.25, 0.3) is 0 Å². The summed E-state index contributed by atoms with van der Waals surface area (Å²) in [5, 5.41) is 3.30. The standard InChI is InChI=1S/C16H30N2O2.C11H20N2O/c1-4-13-20-14-12-18-10-8-17(9-11-18)7-5-6-16(19)15(2)3;1-10(2)11(14)4-3-7-13-8-5-12-6-9-13/h5-6,15H,4,7-14H2,1-3H3;3-4,10,12H,5-9H2,1-2H3/b6-5+;4-3+. The zero-order valence-electron chi connectivity index (χ0n) is 22.4. The van der Waals surface area contributed by atoms with Crippen molar-refractivity contribution in [3.8, 4) is 0 Å². The normalized spacial score (nSPS) is 18.7. The topological polar surface area (TPSA) is 65.1 Å². The number of hydrogen-bond acceptors (Lipinski definition) is 7. The quantitative estimate of drug-likeness (QED) is 0.322. The highest BCUT2D eigenvalue weighted by molar-refractivity contribution is 5.91. The number of rotatable bonds is 13. The van der Waals surface area contributed by atoms with Crippen LogP contribution < -0.4 is 5.32 Å². The van der Waals surface area contributed by atoms with Gasteiger partial charge in [0.1, 0.15) is 0 Å². The Morgan fingerprint density at radius 1 is 0.765 bits per heavy atom. The van der Waals surface area contributed by atoms with Crippen molar-refractivity contribution >= 4 is 11.6 Å². The molecule has 0 aromatic carbocycles. The molecule has 2 aliphatic heterocycles. The lowest BCUT2D eigenvalue weighted by atomic mass is 10.1. The fourth-order valence-electron chi connectivity index (χ4n) is 3.55. The molecule has 7 nitrogen and oxygen atoms in total. The van der Waals surface area contributed by atoms with Gasteiger partial charge in [0.15, 0.2) is 11.6 Å². The number of nitrogens with one attached hydrogen (secondary N) is 1. The summed E-state index contributed by atoms with van der Waals surface area (Å²) in [6.07, 6.45) is 8.52. The van der Waals surface area contributed by atoms with Gasteiger partial charge < -0.3 is 10.1 Å². The summed E-state index contributed by atoms with van der Waals surface area (Å²) in [7, 11) is 0. The Kier molecular flexibility index (Phi) is 17.0. The molecule has 2 fully saturated rings. The molecule has 0 aliphatic carbocycles. The van der Waals surface area contributed by atoms with Crippen LogP contribution in [0.4, 0.5) is 0 Å². The second-order valence-electron chi connectivity index (χ2n) is 9.72. The second kappa shape index (κ2) is 18.9. The van der Waals surface area contributed by atoms with Crippen LogP contribution in [0.2, 0.25) is 0 Å². The molecule has 0 aromatic rings. The average molecular weight is 479 g/mol. The SMILES string of the molecule is CC(C)C(=O)/C=C/CN1CCNCC1.CCCOCCN1CCN(C/C=C/C(=O)C(C)C)CC1. The van der Waals surface area contributed by atoms with E-state index < -0.39 is 0 Å². The summed E-state index contributed by atoms with van der Waals surface area (Å²) in [5.74, 6) is 0.664. The van der Waals surface area contributed by atoms with Gasteiger partial charge in [-0.25, -0.2) is 0 Å². The molecule has 0 spiro atoms. The zero-order valence-corrected chi connectivity index (χ0v) is 22.4. The van der Waals surface area contributed by atoms with E-state index in [-0.39, 0.29) is 23.4 Å². The number of allylic oxidation sites excluding steroid dienone is 2. The minimum absolute atomic E-state index is 0.103. The molecule has 0 saturated carbocycles. The maximum absolute atomic E-state index is 11.5. The van der Waals surface area contributed by atoms with Crippen LogP contribution in [0.3, 0.4) is 0 Å². The molecule has 1 N–H and O–H groups in total. The van der Waals surface area contributed by atoms with Gasteiger partial charge in [0.25, 0.3) is 0 Å². The number of piperazine rings is 2. The van der Waals surface area contributed by atoms with E-state index in [4.69, 9.17) is 4.74 Å². The van der Waals surface area contributed by atoms with Crippen LogP contribution in [-0.4, -0.2) is 111 Å². The average Bonchev–Trinajstić information content (AvgIpc) is 2.83. The largest absolute Gasteiger partial charge is 0.380 e.